The summed E-state index contributed by atoms with van der Waals surface area (Å²) in [7, 11) is 0. The fourth-order valence-electron chi connectivity index (χ4n) is 2.33. The van der Waals surface area contributed by atoms with E-state index < -0.39 is 0 Å². The van der Waals surface area contributed by atoms with Crippen LogP contribution in [0.2, 0.25) is 0 Å². The number of benzene rings is 2. The molecule has 1 aliphatic heterocycles. The predicted octanol–water partition coefficient (Wildman–Crippen LogP) is 2.17. The van der Waals surface area contributed by atoms with E-state index in [4.69, 9.17) is 0 Å². The van der Waals surface area contributed by atoms with Gasteiger partial charge in [-0.3, -0.25) is 4.79 Å². The van der Waals surface area contributed by atoms with Crippen molar-refractivity contribution in [2.75, 3.05) is 13.1 Å². The van der Waals surface area contributed by atoms with Gasteiger partial charge in [0, 0.05) is 18.7 Å². The van der Waals surface area contributed by atoms with Crippen molar-refractivity contribution in [2.45, 2.75) is 6.10 Å². The van der Waals surface area contributed by atoms with Crippen LogP contribution >= 0.6 is 0 Å². The molecule has 1 N–H and O–H groups in total. The quantitative estimate of drug-likeness (QED) is 0.891. The van der Waals surface area contributed by atoms with E-state index in [1.807, 2.05) is 54.6 Å². The smallest absolute Gasteiger partial charge is 0.254 e. The first-order valence-electron chi connectivity index (χ1n) is 6.37. The Labute approximate surface area is 112 Å². The first-order valence-corrected chi connectivity index (χ1v) is 6.37. The minimum Gasteiger partial charge on any atom is -0.389 e. The summed E-state index contributed by atoms with van der Waals surface area (Å²) < 4.78 is 0. The number of aliphatic hydroxyl groups excluding tert-OH is 1. The molecule has 1 saturated heterocycles. The fraction of sp³-hybridized carbons (Fsp3) is 0.188. The highest BCUT2D eigenvalue weighted by atomic mass is 16.3. The van der Waals surface area contributed by atoms with E-state index in [2.05, 4.69) is 0 Å². The number of likely N-dealkylation sites (tertiary alicyclic amines) is 1. The van der Waals surface area contributed by atoms with E-state index in [1.165, 1.54) is 0 Å². The van der Waals surface area contributed by atoms with Gasteiger partial charge < -0.3 is 10.0 Å². The van der Waals surface area contributed by atoms with Gasteiger partial charge in [-0.05, 0) is 17.2 Å². The first kappa shape index (κ1) is 11.9. The maximum Gasteiger partial charge on any atom is 0.254 e. The lowest BCUT2D eigenvalue weighted by molar-refractivity contribution is 0.00595. The predicted molar refractivity (Wildman–Crippen MR) is 73.8 cm³/mol. The number of β-amino-alcohol motifs (C(OH)–C–C–N with tert-alkyl or cyclic N) is 1. The number of rotatable bonds is 2. The summed E-state index contributed by atoms with van der Waals surface area (Å²) in [6.07, 6.45) is -0.368. The Hall–Kier alpha value is -2.13. The molecule has 3 heteroatoms. The second kappa shape index (κ2) is 4.86. The van der Waals surface area contributed by atoms with Gasteiger partial charge >= 0.3 is 0 Å². The van der Waals surface area contributed by atoms with Gasteiger partial charge in [-0.15, -0.1) is 0 Å². The van der Waals surface area contributed by atoms with Gasteiger partial charge in [0.2, 0.25) is 0 Å². The third-order valence-corrected chi connectivity index (χ3v) is 3.39. The van der Waals surface area contributed by atoms with Crippen molar-refractivity contribution in [1.29, 1.82) is 0 Å². The lowest BCUT2D eigenvalue weighted by Gasteiger charge is -2.36. The third kappa shape index (κ3) is 2.25. The number of aliphatic hydroxyl groups is 1. The molecule has 0 aliphatic carbocycles. The van der Waals surface area contributed by atoms with Crippen LogP contribution in [0.25, 0.3) is 11.1 Å². The molecule has 0 bridgehead atoms. The Bertz CT molecular complexity index is 589. The molecule has 1 amide bonds. The van der Waals surface area contributed by atoms with Crippen LogP contribution in [-0.2, 0) is 0 Å². The highest BCUT2D eigenvalue weighted by Gasteiger charge is 2.30. The van der Waals surface area contributed by atoms with Crippen molar-refractivity contribution in [2.24, 2.45) is 0 Å². The zero-order chi connectivity index (χ0) is 13.2. The molecule has 0 unspecified atom stereocenters. The standard InChI is InChI=1S/C16H15NO2/c18-13-10-17(11-13)16(19)15-9-5-4-8-14(15)12-6-2-1-3-7-12/h1-9,13,18H,10-11H2. The first-order chi connectivity index (χ1) is 9.25. The summed E-state index contributed by atoms with van der Waals surface area (Å²) in [6, 6.07) is 17.5. The van der Waals surface area contributed by atoms with Gasteiger partial charge in [-0.25, -0.2) is 0 Å². The third-order valence-electron chi connectivity index (χ3n) is 3.39. The van der Waals surface area contributed by atoms with Crippen molar-refractivity contribution in [3.63, 3.8) is 0 Å². The van der Waals surface area contributed by atoms with Crippen molar-refractivity contribution < 1.29 is 9.90 Å². The molecule has 1 heterocycles. The summed E-state index contributed by atoms with van der Waals surface area (Å²) in [5.74, 6) is -0.00949. The molecule has 3 nitrogen and oxygen atoms in total. The molecule has 3 rings (SSSR count). The number of hydrogen-bond acceptors (Lipinski definition) is 2. The Balaban J connectivity index is 1.96. The highest BCUT2D eigenvalue weighted by Crippen LogP contribution is 2.25. The number of nitrogens with zero attached hydrogens (tertiary/aromatic N) is 1. The van der Waals surface area contributed by atoms with Crippen molar-refractivity contribution in [3.8, 4) is 11.1 Å². The topological polar surface area (TPSA) is 40.5 Å². The van der Waals surface area contributed by atoms with Crippen LogP contribution in [0.4, 0.5) is 0 Å². The lowest BCUT2D eigenvalue weighted by atomic mass is 9.98. The zero-order valence-electron chi connectivity index (χ0n) is 10.5. The zero-order valence-corrected chi connectivity index (χ0v) is 10.5. The van der Waals surface area contributed by atoms with Gasteiger partial charge in [0.25, 0.3) is 5.91 Å². The molecule has 1 fully saturated rings. The van der Waals surface area contributed by atoms with Gasteiger partial charge in [0.05, 0.1) is 6.10 Å². The van der Waals surface area contributed by atoms with Gasteiger partial charge in [-0.2, -0.15) is 0 Å². The summed E-state index contributed by atoms with van der Waals surface area (Å²) in [4.78, 5) is 14.1. The molecular weight excluding hydrogens is 238 g/mol. The number of hydrogen-bond donors (Lipinski definition) is 1. The Morgan fingerprint density at radius 2 is 1.63 bits per heavy atom. The van der Waals surface area contributed by atoms with Crippen LogP contribution in [0.5, 0.6) is 0 Å². The van der Waals surface area contributed by atoms with E-state index in [0.29, 0.717) is 18.7 Å². The number of carbonyl (C=O) groups is 1. The summed E-state index contributed by atoms with van der Waals surface area (Å²) in [5, 5.41) is 9.31. The fourth-order valence-corrected chi connectivity index (χ4v) is 2.33. The van der Waals surface area contributed by atoms with Crippen molar-refractivity contribution in [3.05, 3.63) is 60.2 Å². The van der Waals surface area contributed by atoms with E-state index in [1.54, 1.807) is 4.90 Å². The lowest BCUT2D eigenvalue weighted by Crippen LogP contribution is -2.53. The van der Waals surface area contributed by atoms with Crippen LogP contribution in [0, 0.1) is 0 Å². The number of amides is 1. The van der Waals surface area contributed by atoms with Crippen LogP contribution in [0.1, 0.15) is 10.4 Å². The normalized spacial score (nSPS) is 15.1. The van der Waals surface area contributed by atoms with Crippen molar-refractivity contribution in [1.82, 2.24) is 4.90 Å². The summed E-state index contributed by atoms with van der Waals surface area (Å²) in [5.41, 5.74) is 2.67. The summed E-state index contributed by atoms with van der Waals surface area (Å²) >= 11 is 0. The molecule has 0 spiro atoms. The van der Waals surface area contributed by atoms with E-state index in [9.17, 15) is 9.90 Å². The second-order valence-corrected chi connectivity index (χ2v) is 4.78. The molecule has 0 aromatic heterocycles. The van der Waals surface area contributed by atoms with Gasteiger partial charge in [0.1, 0.15) is 0 Å². The molecule has 2 aromatic rings. The van der Waals surface area contributed by atoms with Crippen LogP contribution in [-0.4, -0.2) is 35.1 Å². The number of carbonyl (C=O) groups excluding carboxylic acids is 1. The van der Waals surface area contributed by atoms with E-state index in [0.717, 1.165) is 11.1 Å². The molecule has 1 aliphatic rings. The maximum atomic E-state index is 12.4. The summed E-state index contributed by atoms with van der Waals surface area (Å²) in [6.45, 7) is 0.865. The Morgan fingerprint density at radius 3 is 2.32 bits per heavy atom. The molecule has 2 aromatic carbocycles. The minimum absolute atomic E-state index is 0.00949. The SMILES string of the molecule is O=C(c1ccccc1-c1ccccc1)N1CC(O)C1. The Morgan fingerprint density at radius 1 is 1.00 bits per heavy atom. The average Bonchev–Trinajstić information content (AvgIpc) is 2.44. The Kier molecular flexibility index (Phi) is 3.05. The molecule has 0 radical (unpaired) electrons. The maximum absolute atomic E-state index is 12.4. The molecule has 0 saturated carbocycles. The minimum atomic E-state index is -0.368. The van der Waals surface area contributed by atoms with E-state index in [-0.39, 0.29) is 12.0 Å². The van der Waals surface area contributed by atoms with E-state index >= 15 is 0 Å². The van der Waals surface area contributed by atoms with Crippen LogP contribution in [0.15, 0.2) is 54.6 Å². The molecular formula is C16H15NO2. The van der Waals surface area contributed by atoms with Gasteiger partial charge in [-0.1, -0.05) is 48.5 Å². The highest BCUT2D eigenvalue weighted by molar-refractivity contribution is 6.01. The molecule has 96 valence electrons. The van der Waals surface area contributed by atoms with Crippen LogP contribution < -0.4 is 0 Å². The molecule has 0 atom stereocenters. The molecule has 19 heavy (non-hydrogen) atoms. The largest absolute Gasteiger partial charge is 0.389 e. The monoisotopic (exact) mass is 253 g/mol. The van der Waals surface area contributed by atoms with Gasteiger partial charge in [0.15, 0.2) is 0 Å². The van der Waals surface area contributed by atoms with Crippen LogP contribution in [0.3, 0.4) is 0 Å². The average molecular weight is 253 g/mol. The second-order valence-electron chi connectivity index (χ2n) is 4.78. The van der Waals surface area contributed by atoms with Crippen molar-refractivity contribution >= 4 is 5.91 Å².